The van der Waals surface area contributed by atoms with Crippen LogP contribution in [0.5, 0.6) is 0 Å². The molecule has 0 bridgehead atoms. The topological polar surface area (TPSA) is 9.23 Å². The first-order chi connectivity index (χ1) is 9.84. The quantitative estimate of drug-likeness (QED) is 0.227. The van der Waals surface area contributed by atoms with Crippen LogP contribution in [-0.2, 0) is 4.74 Å². The van der Waals surface area contributed by atoms with E-state index in [9.17, 15) is 0 Å². The first-order valence-corrected chi connectivity index (χ1v) is 6.38. The minimum atomic E-state index is 0. The number of ether oxygens (including phenoxy) is 1. The molecule has 0 saturated heterocycles. The first-order valence-electron chi connectivity index (χ1n) is 6.38. The fraction of sp³-hybridized carbons (Fsp3) is 0.0526. The van der Waals surface area contributed by atoms with E-state index in [4.69, 9.17) is 4.74 Å². The van der Waals surface area contributed by atoms with E-state index in [0.717, 1.165) is 0 Å². The SMILES string of the molecule is C1=C[CH-]C=CC=1OC1=CC=CC=[C+]1.CC1=CC=C=C[CH]1.[Bi+2].[Cl-].[Cl-]. The predicted molar refractivity (Wildman–Crippen MR) is 87.6 cm³/mol. The van der Waals surface area contributed by atoms with Gasteiger partial charge in [-0.3, -0.25) is 0 Å². The molecular formula is C19H15BiCl2O. The van der Waals surface area contributed by atoms with Crippen LogP contribution in [-0.4, -0.2) is 26.2 Å². The van der Waals surface area contributed by atoms with Gasteiger partial charge in [-0.1, -0.05) is 11.6 Å². The van der Waals surface area contributed by atoms with Gasteiger partial charge in [-0.25, -0.2) is 5.73 Å². The van der Waals surface area contributed by atoms with Gasteiger partial charge < -0.3 is 29.6 Å². The monoisotopic (exact) mass is 538 g/mol. The molecule has 0 aliphatic heterocycles. The Bertz CT molecular complexity index is 636. The minimum Gasteiger partial charge on any atom is -1.00 e. The van der Waals surface area contributed by atoms with E-state index in [1.165, 1.54) is 5.57 Å². The molecule has 1 nitrogen and oxygen atoms in total. The molecule has 4 radical (unpaired) electrons. The van der Waals surface area contributed by atoms with E-state index >= 15 is 0 Å². The molecule has 0 amide bonds. The van der Waals surface area contributed by atoms with Crippen molar-refractivity contribution in [2.75, 3.05) is 0 Å². The van der Waals surface area contributed by atoms with Crippen molar-refractivity contribution in [1.29, 1.82) is 0 Å². The zero-order valence-corrected chi connectivity index (χ0v) is 17.5. The normalized spacial score (nSPS) is 14.9. The van der Waals surface area contributed by atoms with Gasteiger partial charge in [0.2, 0.25) is 0 Å². The van der Waals surface area contributed by atoms with Gasteiger partial charge in [-0.2, -0.15) is 12.5 Å². The molecule has 0 heterocycles. The molecule has 3 aliphatic carbocycles. The molecule has 0 saturated carbocycles. The average Bonchev–Trinajstić information content (AvgIpc) is 2.51. The molecule has 0 spiro atoms. The summed E-state index contributed by atoms with van der Waals surface area (Å²) < 4.78 is 5.47. The molecule has 0 atom stereocenters. The summed E-state index contributed by atoms with van der Waals surface area (Å²) in [4.78, 5) is 0. The van der Waals surface area contributed by atoms with Crippen molar-refractivity contribution in [1.82, 2.24) is 0 Å². The molecule has 3 aliphatic rings. The third kappa shape index (κ3) is 10.2. The van der Waals surface area contributed by atoms with Crippen molar-refractivity contribution in [2.24, 2.45) is 0 Å². The Balaban J connectivity index is 0. The summed E-state index contributed by atoms with van der Waals surface area (Å²) in [6, 6.07) is 0. The summed E-state index contributed by atoms with van der Waals surface area (Å²) >= 11 is 0. The number of hydrogen-bond donors (Lipinski definition) is 0. The third-order valence-corrected chi connectivity index (χ3v) is 2.47. The van der Waals surface area contributed by atoms with E-state index in [-0.39, 0.29) is 51.0 Å². The summed E-state index contributed by atoms with van der Waals surface area (Å²) in [7, 11) is 0. The van der Waals surface area contributed by atoms with Gasteiger partial charge in [-0.05, 0) is 19.1 Å². The van der Waals surface area contributed by atoms with Gasteiger partial charge in [0.25, 0.3) is 5.76 Å². The molecule has 0 aromatic heterocycles. The molecule has 0 unspecified atom stereocenters. The summed E-state index contributed by atoms with van der Waals surface area (Å²) in [5, 5.41) is 0. The van der Waals surface area contributed by atoms with E-state index in [0.29, 0.717) is 11.5 Å². The Labute approximate surface area is 170 Å². The Morgan fingerprint density at radius 1 is 1.13 bits per heavy atom. The number of halogens is 2. The van der Waals surface area contributed by atoms with Crippen molar-refractivity contribution >= 4 is 26.2 Å². The standard InChI is InChI=1S/C12H8O.C7H7.Bi.2ClH/c1-3-7-11(8-4-1)13-12-9-5-2-6-10-12;1-7-5-3-2-4-6-7;;;/h1-7,9H;3-6H,1H3;;2*1H/q;;+2;;/p-2. The van der Waals surface area contributed by atoms with Crippen LogP contribution >= 0.6 is 0 Å². The molecule has 3 rings (SSSR count). The van der Waals surface area contributed by atoms with Gasteiger partial charge >= 0.3 is 26.2 Å². The van der Waals surface area contributed by atoms with Crippen LogP contribution < -0.4 is 24.8 Å². The van der Waals surface area contributed by atoms with Crippen molar-refractivity contribution < 1.29 is 29.6 Å². The molecule has 4 heteroatoms. The Hall–Kier alpha value is -1.22. The third-order valence-electron chi connectivity index (χ3n) is 2.47. The fourth-order valence-electron chi connectivity index (χ4n) is 1.47. The molecule has 0 aromatic rings. The maximum Gasteiger partial charge on any atom is 2.00 e. The molecule has 0 fully saturated rings. The molecule has 116 valence electrons. The average molecular weight is 539 g/mol. The van der Waals surface area contributed by atoms with E-state index in [1.807, 2.05) is 73.6 Å². The Morgan fingerprint density at radius 3 is 2.43 bits per heavy atom. The largest absolute Gasteiger partial charge is 2.00 e. The predicted octanol–water partition coefficient (Wildman–Crippen LogP) is -1.88. The van der Waals surface area contributed by atoms with Crippen LogP contribution in [0.15, 0.2) is 89.3 Å². The van der Waals surface area contributed by atoms with Gasteiger partial charge in [-0.15, -0.1) is 17.9 Å². The van der Waals surface area contributed by atoms with Crippen molar-refractivity contribution in [3.05, 3.63) is 108 Å². The van der Waals surface area contributed by atoms with Crippen LogP contribution in [0.1, 0.15) is 6.92 Å². The van der Waals surface area contributed by atoms with Crippen LogP contribution in [0.4, 0.5) is 0 Å². The zero-order chi connectivity index (χ0) is 14.0. The maximum atomic E-state index is 5.47. The molecule has 0 N–H and O–H groups in total. The van der Waals surface area contributed by atoms with Gasteiger partial charge in [0, 0.05) is 12.5 Å². The molecular weight excluding hydrogens is 524 g/mol. The van der Waals surface area contributed by atoms with E-state index in [2.05, 4.69) is 24.5 Å². The smallest absolute Gasteiger partial charge is 1.00 e. The van der Waals surface area contributed by atoms with Crippen LogP contribution in [0, 0.1) is 18.9 Å². The zero-order valence-electron chi connectivity index (χ0n) is 12.5. The van der Waals surface area contributed by atoms with Gasteiger partial charge in [0.1, 0.15) is 6.08 Å². The number of rotatable bonds is 2. The van der Waals surface area contributed by atoms with Gasteiger partial charge in [0.15, 0.2) is 0 Å². The van der Waals surface area contributed by atoms with E-state index in [1.54, 1.807) is 0 Å². The van der Waals surface area contributed by atoms with Crippen molar-refractivity contribution in [2.45, 2.75) is 6.92 Å². The summed E-state index contributed by atoms with van der Waals surface area (Å²) in [6.45, 7) is 2.06. The summed E-state index contributed by atoms with van der Waals surface area (Å²) in [5.41, 5.74) is 7.20. The molecule has 23 heavy (non-hydrogen) atoms. The van der Waals surface area contributed by atoms with Gasteiger partial charge in [0.05, 0.1) is 24.0 Å². The maximum absolute atomic E-state index is 5.47. The summed E-state index contributed by atoms with van der Waals surface area (Å²) in [5.74, 6) is 1.43. The van der Waals surface area contributed by atoms with Crippen molar-refractivity contribution in [3.8, 4) is 0 Å². The summed E-state index contributed by atoms with van der Waals surface area (Å²) in [6.07, 6.45) is 25.8. The Morgan fingerprint density at radius 2 is 1.96 bits per heavy atom. The van der Waals surface area contributed by atoms with Crippen LogP contribution in [0.25, 0.3) is 0 Å². The van der Waals surface area contributed by atoms with Crippen LogP contribution in [0.2, 0.25) is 0 Å². The van der Waals surface area contributed by atoms with Crippen LogP contribution in [0.3, 0.4) is 0 Å². The minimum absolute atomic E-state index is 0. The Kier molecular flexibility index (Phi) is 15.0. The fourth-order valence-corrected chi connectivity index (χ4v) is 1.47. The number of allylic oxidation sites excluding steroid dienone is 10. The second-order valence-electron chi connectivity index (χ2n) is 4.13. The first kappa shape index (κ1) is 24.0. The number of hydrogen-bond acceptors (Lipinski definition) is 1. The van der Waals surface area contributed by atoms with E-state index < -0.39 is 0 Å². The molecule has 0 aromatic carbocycles. The second-order valence-corrected chi connectivity index (χ2v) is 4.13. The van der Waals surface area contributed by atoms with Crippen molar-refractivity contribution in [3.63, 3.8) is 0 Å². The second kappa shape index (κ2) is 14.4.